The van der Waals surface area contributed by atoms with Crippen LogP contribution < -0.4 is 10.6 Å². The Bertz CT molecular complexity index is 526. The quantitative estimate of drug-likeness (QED) is 0.862. The molecule has 0 aromatic heterocycles. The molecule has 1 aromatic carbocycles. The van der Waals surface area contributed by atoms with E-state index in [0.29, 0.717) is 12.5 Å². The summed E-state index contributed by atoms with van der Waals surface area (Å²) in [7, 11) is 1.76. The summed E-state index contributed by atoms with van der Waals surface area (Å²) in [6, 6.07) is 7.65. The van der Waals surface area contributed by atoms with E-state index in [1.807, 2.05) is 31.2 Å². The molecular formula is C16H23N3O2. The predicted octanol–water partition coefficient (Wildman–Crippen LogP) is 1.46. The van der Waals surface area contributed by atoms with Crippen LogP contribution in [0.4, 0.5) is 5.69 Å². The molecule has 0 aliphatic carbocycles. The predicted molar refractivity (Wildman–Crippen MR) is 82.7 cm³/mol. The first-order valence-corrected chi connectivity index (χ1v) is 7.29. The van der Waals surface area contributed by atoms with Gasteiger partial charge in [0, 0.05) is 32.1 Å². The van der Waals surface area contributed by atoms with Crippen LogP contribution in [0.15, 0.2) is 24.3 Å². The minimum Gasteiger partial charge on any atom is -0.342 e. The molecule has 5 nitrogen and oxygen atoms in total. The van der Waals surface area contributed by atoms with Gasteiger partial charge >= 0.3 is 0 Å². The fourth-order valence-corrected chi connectivity index (χ4v) is 2.27. The Balaban J connectivity index is 1.97. The lowest BCUT2D eigenvalue weighted by molar-refractivity contribution is -0.128. The molecule has 1 aliphatic heterocycles. The minimum absolute atomic E-state index is 0.00907. The van der Waals surface area contributed by atoms with Gasteiger partial charge in [-0.25, -0.2) is 0 Å². The second-order valence-electron chi connectivity index (χ2n) is 5.77. The molecule has 1 aliphatic rings. The summed E-state index contributed by atoms with van der Waals surface area (Å²) in [5.41, 5.74) is 1.79. The molecule has 5 heteroatoms. The smallest absolute Gasteiger partial charge is 0.227 e. The van der Waals surface area contributed by atoms with Gasteiger partial charge in [-0.3, -0.25) is 9.59 Å². The van der Waals surface area contributed by atoms with E-state index in [0.717, 1.165) is 24.3 Å². The van der Waals surface area contributed by atoms with E-state index in [1.54, 1.807) is 18.9 Å². The maximum absolute atomic E-state index is 12.2. The first-order chi connectivity index (χ1) is 9.97. The number of nitrogens with zero attached hydrogens (tertiary/aromatic N) is 1. The maximum atomic E-state index is 12.2. The monoisotopic (exact) mass is 289 g/mol. The summed E-state index contributed by atoms with van der Waals surface area (Å²) in [5, 5.41) is 6.15. The maximum Gasteiger partial charge on any atom is 0.227 e. The number of benzene rings is 1. The lowest BCUT2D eigenvalue weighted by atomic mass is 9.88. The number of rotatable bonds is 5. The first kappa shape index (κ1) is 15.5. The molecule has 0 bridgehead atoms. The number of anilines is 1. The molecule has 1 heterocycles. The Kier molecular flexibility index (Phi) is 4.96. The number of carbonyl (C=O) groups is 2. The largest absolute Gasteiger partial charge is 0.342 e. The summed E-state index contributed by atoms with van der Waals surface area (Å²) >= 11 is 0. The Hall–Kier alpha value is -1.88. The van der Waals surface area contributed by atoms with Gasteiger partial charge in [-0.15, -0.1) is 0 Å². The van der Waals surface area contributed by atoms with Crippen LogP contribution in [0, 0.1) is 11.8 Å². The molecular weight excluding hydrogens is 266 g/mol. The zero-order valence-electron chi connectivity index (χ0n) is 12.8. The fraction of sp³-hybridized carbons (Fsp3) is 0.500. The third-order valence-corrected chi connectivity index (χ3v) is 4.09. The molecule has 1 unspecified atom stereocenters. The number of amides is 2. The third-order valence-electron chi connectivity index (χ3n) is 4.09. The van der Waals surface area contributed by atoms with Crippen LogP contribution in [0.1, 0.15) is 19.4 Å². The molecule has 1 atom stereocenters. The number of hydrogen-bond donors (Lipinski definition) is 2. The summed E-state index contributed by atoms with van der Waals surface area (Å²) in [6.45, 7) is 5.88. The molecule has 21 heavy (non-hydrogen) atoms. The number of hydrogen-bond acceptors (Lipinski definition) is 3. The van der Waals surface area contributed by atoms with Crippen molar-refractivity contribution in [2.24, 2.45) is 11.8 Å². The molecule has 0 radical (unpaired) electrons. The van der Waals surface area contributed by atoms with E-state index in [4.69, 9.17) is 0 Å². The van der Waals surface area contributed by atoms with E-state index in [-0.39, 0.29) is 17.7 Å². The Morgan fingerprint density at radius 1 is 1.43 bits per heavy atom. The highest BCUT2D eigenvalue weighted by atomic mass is 16.2. The molecule has 2 N–H and O–H groups in total. The third kappa shape index (κ3) is 4.04. The lowest BCUT2D eigenvalue weighted by Gasteiger charge is -2.31. The summed E-state index contributed by atoms with van der Waals surface area (Å²) in [4.78, 5) is 25.1. The van der Waals surface area contributed by atoms with Gasteiger partial charge in [0.2, 0.25) is 11.8 Å². The summed E-state index contributed by atoms with van der Waals surface area (Å²) in [5.74, 6) is 0.515. The molecule has 1 aromatic rings. The number of nitrogens with one attached hydrogen (secondary N) is 2. The first-order valence-electron chi connectivity index (χ1n) is 7.29. The van der Waals surface area contributed by atoms with Crippen LogP contribution in [0.5, 0.6) is 0 Å². The van der Waals surface area contributed by atoms with Gasteiger partial charge in [0.1, 0.15) is 0 Å². The van der Waals surface area contributed by atoms with E-state index >= 15 is 0 Å². The normalized spacial score (nSPS) is 16.0. The summed E-state index contributed by atoms with van der Waals surface area (Å²) in [6.07, 6.45) is 0. The highest BCUT2D eigenvalue weighted by Gasteiger charge is 2.28. The van der Waals surface area contributed by atoms with Crippen molar-refractivity contribution < 1.29 is 9.59 Å². The highest BCUT2D eigenvalue weighted by Crippen LogP contribution is 2.19. The molecule has 2 amide bonds. The second-order valence-corrected chi connectivity index (χ2v) is 5.77. The van der Waals surface area contributed by atoms with E-state index in [9.17, 15) is 9.59 Å². The van der Waals surface area contributed by atoms with Gasteiger partial charge in [-0.2, -0.15) is 0 Å². The Labute approximate surface area is 125 Å². The van der Waals surface area contributed by atoms with E-state index in [2.05, 4.69) is 10.6 Å². The van der Waals surface area contributed by atoms with Crippen molar-refractivity contribution in [1.29, 1.82) is 0 Å². The summed E-state index contributed by atoms with van der Waals surface area (Å²) < 4.78 is 0. The molecule has 1 saturated heterocycles. The average molecular weight is 289 g/mol. The van der Waals surface area contributed by atoms with Gasteiger partial charge in [0.05, 0.1) is 0 Å². The molecule has 1 fully saturated rings. The molecule has 114 valence electrons. The van der Waals surface area contributed by atoms with Crippen molar-refractivity contribution in [2.75, 3.05) is 25.5 Å². The standard InChI is InChI=1S/C16H23N3O2/c1-11(14-8-17-9-14)16(21)18-15-6-4-5-13(7-15)10-19(3)12(2)20/h4-7,11,14,17H,8-10H2,1-3H3,(H,18,21). The lowest BCUT2D eigenvalue weighted by Crippen LogP contribution is -2.48. The second kappa shape index (κ2) is 6.72. The molecule has 0 spiro atoms. The van der Waals surface area contributed by atoms with Crippen molar-refractivity contribution in [1.82, 2.24) is 10.2 Å². The zero-order valence-corrected chi connectivity index (χ0v) is 12.8. The van der Waals surface area contributed by atoms with Crippen molar-refractivity contribution in [3.8, 4) is 0 Å². The zero-order chi connectivity index (χ0) is 15.4. The van der Waals surface area contributed by atoms with Gasteiger partial charge in [-0.1, -0.05) is 19.1 Å². The topological polar surface area (TPSA) is 61.4 Å². The molecule has 2 rings (SSSR count). The SMILES string of the molecule is CC(=O)N(C)Cc1cccc(NC(=O)C(C)C2CNC2)c1. The number of carbonyl (C=O) groups excluding carboxylic acids is 2. The van der Waals surface area contributed by atoms with Crippen LogP contribution in [0.25, 0.3) is 0 Å². The van der Waals surface area contributed by atoms with E-state index < -0.39 is 0 Å². The van der Waals surface area contributed by atoms with Gasteiger partial charge in [0.15, 0.2) is 0 Å². The van der Waals surface area contributed by atoms with Crippen molar-refractivity contribution in [2.45, 2.75) is 20.4 Å². The van der Waals surface area contributed by atoms with Crippen LogP contribution in [-0.4, -0.2) is 36.9 Å². The Morgan fingerprint density at radius 2 is 2.14 bits per heavy atom. The van der Waals surface area contributed by atoms with Crippen LogP contribution in [-0.2, 0) is 16.1 Å². The average Bonchev–Trinajstić information content (AvgIpc) is 2.36. The van der Waals surface area contributed by atoms with Gasteiger partial charge < -0.3 is 15.5 Å². The van der Waals surface area contributed by atoms with Crippen molar-refractivity contribution in [3.63, 3.8) is 0 Å². The minimum atomic E-state index is 0.00907. The van der Waals surface area contributed by atoms with Crippen LogP contribution in [0.2, 0.25) is 0 Å². The van der Waals surface area contributed by atoms with E-state index in [1.165, 1.54) is 0 Å². The van der Waals surface area contributed by atoms with Gasteiger partial charge in [-0.05, 0) is 36.7 Å². The molecule has 0 saturated carbocycles. The van der Waals surface area contributed by atoms with Gasteiger partial charge in [0.25, 0.3) is 0 Å². The Morgan fingerprint density at radius 3 is 2.71 bits per heavy atom. The van der Waals surface area contributed by atoms with Crippen molar-refractivity contribution >= 4 is 17.5 Å². The van der Waals surface area contributed by atoms with Crippen LogP contribution >= 0.6 is 0 Å². The van der Waals surface area contributed by atoms with Crippen LogP contribution in [0.3, 0.4) is 0 Å². The van der Waals surface area contributed by atoms with Crippen molar-refractivity contribution in [3.05, 3.63) is 29.8 Å². The highest BCUT2D eigenvalue weighted by molar-refractivity contribution is 5.92. The fourth-order valence-electron chi connectivity index (χ4n) is 2.27.